The summed E-state index contributed by atoms with van der Waals surface area (Å²) in [5, 5.41) is 11.5. The highest BCUT2D eigenvalue weighted by Crippen LogP contribution is 2.17. The Morgan fingerprint density at radius 2 is 2.12 bits per heavy atom. The van der Waals surface area contributed by atoms with E-state index in [1.807, 2.05) is 0 Å². The molecule has 4 N–H and O–H groups in total. The second-order valence-electron chi connectivity index (χ2n) is 3.86. The van der Waals surface area contributed by atoms with Gasteiger partial charge in [-0.3, -0.25) is 4.79 Å². The van der Waals surface area contributed by atoms with Crippen molar-refractivity contribution < 1.29 is 14.7 Å². The van der Waals surface area contributed by atoms with Crippen LogP contribution in [0.3, 0.4) is 0 Å². The van der Waals surface area contributed by atoms with Crippen molar-refractivity contribution in [1.82, 2.24) is 0 Å². The Labute approximate surface area is 99.6 Å². The zero-order valence-electron chi connectivity index (χ0n) is 9.86. The molecule has 0 aliphatic heterocycles. The number of hydrogen-bond donors (Lipinski definition) is 3. The van der Waals surface area contributed by atoms with Crippen LogP contribution in [0.15, 0.2) is 18.2 Å². The van der Waals surface area contributed by atoms with Gasteiger partial charge in [0.2, 0.25) is 5.91 Å². The molecular weight excluding hydrogens is 220 g/mol. The van der Waals surface area contributed by atoms with Crippen LogP contribution < -0.4 is 11.1 Å². The number of carbonyl (C=O) groups is 2. The number of carbonyl (C=O) groups excluding carboxylic acids is 1. The van der Waals surface area contributed by atoms with Gasteiger partial charge in [0.05, 0.1) is 17.3 Å². The molecule has 0 spiro atoms. The topological polar surface area (TPSA) is 92.4 Å². The minimum Gasteiger partial charge on any atom is -0.478 e. The van der Waals surface area contributed by atoms with E-state index in [0.29, 0.717) is 6.42 Å². The molecule has 5 nitrogen and oxygen atoms in total. The molecule has 17 heavy (non-hydrogen) atoms. The predicted molar refractivity (Wildman–Crippen MR) is 65.0 cm³/mol. The molecule has 0 fully saturated rings. The highest BCUT2D eigenvalue weighted by molar-refractivity contribution is 6.02. The number of carboxylic acids is 1. The van der Waals surface area contributed by atoms with E-state index < -0.39 is 12.0 Å². The van der Waals surface area contributed by atoms with E-state index in [1.165, 1.54) is 6.07 Å². The minimum atomic E-state index is -1.07. The normalized spacial score (nSPS) is 11.9. The molecule has 0 radical (unpaired) electrons. The third-order valence-electron chi connectivity index (χ3n) is 2.44. The predicted octanol–water partition coefficient (Wildman–Crippen LogP) is 1.37. The first kappa shape index (κ1) is 13.2. The molecule has 1 aromatic carbocycles. The van der Waals surface area contributed by atoms with Gasteiger partial charge in [-0.05, 0) is 25.5 Å². The smallest absolute Gasteiger partial charge is 0.337 e. The van der Waals surface area contributed by atoms with Crippen LogP contribution in [0.2, 0.25) is 0 Å². The van der Waals surface area contributed by atoms with Gasteiger partial charge in [0.15, 0.2) is 0 Å². The van der Waals surface area contributed by atoms with Crippen molar-refractivity contribution in [3.63, 3.8) is 0 Å². The summed E-state index contributed by atoms with van der Waals surface area (Å²) in [5.74, 6) is -1.45. The molecule has 0 heterocycles. The molecule has 5 heteroatoms. The van der Waals surface area contributed by atoms with Gasteiger partial charge in [-0.25, -0.2) is 4.79 Å². The summed E-state index contributed by atoms with van der Waals surface area (Å²) in [7, 11) is 0. The molecule has 0 unspecified atom stereocenters. The number of hydrogen-bond acceptors (Lipinski definition) is 3. The lowest BCUT2D eigenvalue weighted by molar-refractivity contribution is -0.117. The monoisotopic (exact) mass is 236 g/mol. The lowest BCUT2D eigenvalue weighted by atomic mass is 10.1. The second kappa shape index (κ2) is 5.45. The maximum Gasteiger partial charge on any atom is 0.337 e. The van der Waals surface area contributed by atoms with E-state index >= 15 is 0 Å². The number of amides is 1. The van der Waals surface area contributed by atoms with E-state index in [2.05, 4.69) is 5.32 Å². The van der Waals surface area contributed by atoms with E-state index in [1.54, 1.807) is 26.0 Å². The number of carboxylic acid groups (broad SMARTS) is 1. The lowest BCUT2D eigenvalue weighted by Gasteiger charge is -2.12. The first-order chi connectivity index (χ1) is 7.95. The van der Waals surface area contributed by atoms with E-state index in [9.17, 15) is 9.59 Å². The van der Waals surface area contributed by atoms with Crippen molar-refractivity contribution in [2.45, 2.75) is 26.3 Å². The Bertz CT molecular complexity index is 443. The zero-order valence-corrected chi connectivity index (χ0v) is 9.86. The Hall–Kier alpha value is -1.88. The summed E-state index contributed by atoms with van der Waals surface area (Å²) in [6, 6.07) is 4.19. The molecule has 92 valence electrons. The highest BCUT2D eigenvalue weighted by Gasteiger charge is 2.15. The van der Waals surface area contributed by atoms with E-state index in [0.717, 1.165) is 5.56 Å². The van der Waals surface area contributed by atoms with Crippen LogP contribution in [0.25, 0.3) is 0 Å². The van der Waals surface area contributed by atoms with E-state index in [4.69, 9.17) is 10.8 Å². The number of aromatic carboxylic acids is 1. The highest BCUT2D eigenvalue weighted by atomic mass is 16.4. The molecule has 1 rings (SSSR count). The molecule has 0 aliphatic rings. The molecular formula is C12H16N2O3. The molecule has 0 bridgehead atoms. The lowest BCUT2D eigenvalue weighted by Crippen LogP contribution is -2.35. The van der Waals surface area contributed by atoms with Crippen LogP contribution >= 0.6 is 0 Å². The maximum atomic E-state index is 11.6. The molecule has 0 aliphatic carbocycles. The Morgan fingerprint density at radius 3 is 2.65 bits per heavy atom. The maximum absolute atomic E-state index is 11.6. The standard InChI is InChI=1S/C12H16N2O3/c1-3-9(13)11(15)14-10-5-4-7(2)6-8(10)12(16)17/h4-6,9H,3,13H2,1-2H3,(H,14,15)(H,16,17)/t9-/m0/s1. The number of aryl methyl sites for hydroxylation is 1. The number of nitrogens with two attached hydrogens (primary N) is 1. The third-order valence-corrected chi connectivity index (χ3v) is 2.44. The van der Waals surface area contributed by atoms with Crippen LogP contribution in [0.4, 0.5) is 5.69 Å². The minimum absolute atomic E-state index is 0.0710. The fourth-order valence-electron chi connectivity index (χ4n) is 1.35. The molecule has 1 amide bonds. The van der Waals surface area contributed by atoms with Crippen molar-refractivity contribution in [1.29, 1.82) is 0 Å². The van der Waals surface area contributed by atoms with Crippen LogP contribution in [-0.4, -0.2) is 23.0 Å². The van der Waals surface area contributed by atoms with Gasteiger partial charge in [-0.2, -0.15) is 0 Å². The van der Waals surface area contributed by atoms with Gasteiger partial charge in [0, 0.05) is 0 Å². The Balaban J connectivity index is 2.98. The van der Waals surface area contributed by atoms with Crippen molar-refractivity contribution in [2.24, 2.45) is 5.73 Å². The molecule has 0 saturated carbocycles. The first-order valence-corrected chi connectivity index (χ1v) is 5.36. The van der Waals surface area contributed by atoms with Crippen molar-refractivity contribution in [2.75, 3.05) is 5.32 Å². The number of nitrogens with one attached hydrogen (secondary N) is 1. The summed E-state index contributed by atoms with van der Waals surface area (Å²) >= 11 is 0. The molecule has 1 aromatic rings. The number of anilines is 1. The Kier molecular flexibility index (Phi) is 4.23. The van der Waals surface area contributed by atoms with Crippen LogP contribution in [0.1, 0.15) is 29.3 Å². The average Bonchev–Trinajstić information content (AvgIpc) is 2.29. The van der Waals surface area contributed by atoms with Gasteiger partial charge in [-0.15, -0.1) is 0 Å². The van der Waals surface area contributed by atoms with Gasteiger partial charge in [-0.1, -0.05) is 18.6 Å². The Morgan fingerprint density at radius 1 is 1.47 bits per heavy atom. The summed E-state index contributed by atoms with van der Waals surface area (Å²) in [4.78, 5) is 22.6. The summed E-state index contributed by atoms with van der Waals surface area (Å²) in [6.07, 6.45) is 0.500. The van der Waals surface area contributed by atoms with Crippen molar-refractivity contribution >= 4 is 17.6 Å². The fourth-order valence-corrected chi connectivity index (χ4v) is 1.35. The molecule has 0 saturated heterocycles. The van der Waals surface area contributed by atoms with Crippen molar-refractivity contribution in [3.8, 4) is 0 Å². The largest absolute Gasteiger partial charge is 0.478 e. The second-order valence-corrected chi connectivity index (χ2v) is 3.86. The first-order valence-electron chi connectivity index (χ1n) is 5.36. The van der Waals surface area contributed by atoms with Crippen LogP contribution in [0.5, 0.6) is 0 Å². The molecule has 1 atom stereocenters. The van der Waals surface area contributed by atoms with Gasteiger partial charge in [0.25, 0.3) is 0 Å². The summed E-state index contributed by atoms with van der Waals surface area (Å²) < 4.78 is 0. The number of benzene rings is 1. The summed E-state index contributed by atoms with van der Waals surface area (Å²) in [6.45, 7) is 3.58. The molecule has 0 aromatic heterocycles. The SMILES string of the molecule is CC[C@H](N)C(=O)Nc1ccc(C)cc1C(=O)O. The van der Waals surface area contributed by atoms with Gasteiger partial charge in [0.1, 0.15) is 0 Å². The number of rotatable bonds is 4. The quantitative estimate of drug-likeness (QED) is 0.736. The average molecular weight is 236 g/mol. The third kappa shape index (κ3) is 3.29. The fraction of sp³-hybridized carbons (Fsp3) is 0.333. The zero-order chi connectivity index (χ0) is 13.0. The van der Waals surface area contributed by atoms with Gasteiger partial charge < -0.3 is 16.2 Å². The van der Waals surface area contributed by atoms with Gasteiger partial charge >= 0.3 is 5.97 Å². The van der Waals surface area contributed by atoms with Crippen LogP contribution in [0, 0.1) is 6.92 Å². The van der Waals surface area contributed by atoms with E-state index in [-0.39, 0.29) is 17.2 Å². The summed E-state index contributed by atoms with van der Waals surface area (Å²) in [5.41, 5.74) is 6.73. The van der Waals surface area contributed by atoms with Crippen LogP contribution in [-0.2, 0) is 4.79 Å². The van der Waals surface area contributed by atoms with Crippen molar-refractivity contribution in [3.05, 3.63) is 29.3 Å².